The summed E-state index contributed by atoms with van der Waals surface area (Å²) >= 11 is 0. The predicted molar refractivity (Wildman–Crippen MR) is 238 cm³/mol. The Morgan fingerprint density at radius 3 is 1.68 bits per heavy atom. The minimum absolute atomic E-state index is 0.135. The lowest BCUT2D eigenvalue weighted by Gasteiger charge is -2.40. The van der Waals surface area contributed by atoms with Crippen molar-refractivity contribution in [1.82, 2.24) is 0 Å². The second-order valence-corrected chi connectivity index (χ2v) is 17.6. The molecular weight excluding hydrogens is 789 g/mol. The summed E-state index contributed by atoms with van der Waals surface area (Å²) in [6, 6.07) is 0. The highest BCUT2D eigenvalue weighted by Crippen LogP contribution is 2.24. The molecule has 1 rings (SSSR count). The van der Waals surface area contributed by atoms with Crippen molar-refractivity contribution < 1.29 is 56.8 Å². The van der Waals surface area contributed by atoms with Crippen molar-refractivity contribution in [3.05, 3.63) is 48.6 Å². The summed E-state index contributed by atoms with van der Waals surface area (Å²) in [5, 5.41) is 30.9. The first-order valence-electron chi connectivity index (χ1n) is 23.2. The van der Waals surface area contributed by atoms with Gasteiger partial charge in [0.25, 0.3) is 10.1 Å². The molecule has 6 atom stereocenters. The van der Waals surface area contributed by atoms with Crippen LogP contribution in [-0.4, -0.2) is 96.0 Å². The van der Waals surface area contributed by atoms with E-state index in [0.717, 1.165) is 64.2 Å². The lowest BCUT2D eigenvalue weighted by molar-refractivity contribution is -0.297. The zero-order chi connectivity index (χ0) is 44.1. The first-order valence-corrected chi connectivity index (χ1v) is 24.8. The van der Waals surface area contributed by atoms with Gasteiger partial charge in [-0.1, -0.05) is 166 Å². The molecule has 12 nitrogen and oxygen atoms in total. The van der Waals surface area contributed by atoms with E-state index < -0.39 is 71.2 Å². The number of allylic oxidation sites excluding steroid dienone is 7. The number of aliphatic hydroxyl groups is 3. The second kappa shape index (κ2) is 37.2. The van der Waals surface area contributed by atoms with Crippen LogP contribution in [0.1, 0.15) is 181 Å². The van der Waals surface area contributed by atoms with Crippen LogP contribution in [0.5, 0.6) is 0 Å². The number of carbonyl (C=O) groups excluding carboxylic acids is 2. The van der Waals surface area contributed by atoms with E-state index in [0.29, 0.717) is 6.42 Å². The van der Waals surface area contributed by atoms with Crippen LogP contribution in [0.3, 0.4) is 0 Å². The van der Waals surface area contributed by atoms with Crippen LogP contribution in [0.4, 0.5) is 0 Å². The molecule has 0 aliphatic carbocycles. The molecule has 1 heterocycles. The van der Waals surface area contributed by atoms with Gasteiger partial charge >= 0.3 is 11.9 Å². The lowest BCUT2D eigenvalue weighted by atomic mass is 10.00. The highest BCUT2D eigenvalue weighted by atomic mass is 32.2. The first-order chi connectivity index (χ1) is 29.0. The molecule has 0 aromatic rings. The Labute approximate surface area is 363 Å². The molecule has 0 amide bonds. The van der Waals surface area contributed by atoms with Crippen molar-refractivity contribution in [3.8, 4) is 0 Å². The number of aliphatic hydroxyl groups excluding tert-OH is 3. The average molecular weight is 871 g/mol. The van der Waals surface area contributed by atoms with Crippen LogP contribution in [0.25, 0.3) is 0 Å². The SMILES string of the molecule is CCCCC/C=C/C/C=C/CCCCCCCCCC(=O)O[C@H](COC(=O)/C=C/C=C/CCCCCCCCCCCCC)CO[C@H]1O[C@H](CS(=O)(=O)O)[C@@H](O)C(O)C1O. The predicted octanol–water partition coefficient (Wildman–Crippen LogP) is 9.56. The number of unbranched alkanes of at least 4 members (excludes halogenated alkanes) is 21. The molecule has 348 valence electrons. The van der Waals surface area contributed by atoms with Crippen molar-refractivity contribution in [3.63, 3.8) is 0 Å². The summed E-state index contributed by atoms with van der Waals surface area (Å²) in [6.45, 7) is 3.62. The van der Waals surface area contributed by atoms with E-state index in [1.54, 1.807) is 12.2 Å². The third-order valence-electron chi connectivity index (χ3n) is 10.5. The van der Waals surface area contributed by atoms with Crippen molar-refractivity contribution >= 4 is 22.1 Å². The van der Waals surface area contributed by atoms with Crippen LogP contribution < -0.4 is 0 Å². The molecule has 60 heavy (non-hydrogen) atoms. The zero-order valence-electron chi connectivity index (χ0n) is 37.1. The van der Waals surface area contributed by atoms with Crippen LogP contribution in [-0.2, 0) is 38.7 Å². The maximum atomic E-state index is 12.8. The van der Waals surface area contributed by atoms with Gasteiger partial charge in [0.05, 0.1) is 6.61 Å². The van der Waals surface area contributed by atoms with E-state index in [4.69, 9.17) is 18.9 Å². The van der Waals surface area contributed by atoms with Crippen molar-refractivity contribution in [2.75, 3.05) is 19.0 Å². The first kappa shape index (κ1) is 55.6. The Morgan fingerprint density at radius 2 is 1.12 bits per heavy atom. The number of carbonyl (C=O) groups is 2. The van der Waals surface area contributed by atoms with Gasteiger partial charge in [-0.25, -0.2) is 4.79 Å². The van der Waals surface area contributed by atoms with Crippen LogP contribution in [0, 0.1) is 0 Å². The Hall–Kier alpha value is -2.39. The molecule has 1 fully saturated rings. The van der Waals surface area contributed by atoms with E-state index in [-0.39, 0.29) is 13.0 Å². The summed E-state index contributed by atoms with van der Waals surface area (Å²) in [7, 11) is -4.61. The Kier molecular flexibility index (Phi) is 34.5. The standard InChI is InChI=1S/C47H82O12S/c1-3-5-7-9-11-13-15-17-19-20-22-24-26-28-30-32-34-36-43(49)58-40(38-57-47-46(52)45(51)44(50)41(59-47)39-60(53,54)55)37-56-42(48)35-33-31-29-27-25-23-21-18-16-14-12-10-8-6-4-2/h11,13,17,19,29,31,33,35,40-41,44-47,50-52H,3-10,12,14-16,18,20-28,30,32,34,36-39H2,1-2H3,(H,53,54,55)/b13-11+,19-17+,31-29+,35-33+/t40-,41-,44-,45?,46?,47+/m1/s1. The summed E-state index contributed by atoms with van der Waals surface area (Å²) in [5.41, 5.74) is 0. The van der Waals surface area contributed by atoms with Crippen molar-refractivity contribution in [2.24, 2.45) is 0 Å². The molecule has 0 bridgehead atoms. The number of rotatable bonds is 38. The molecule has 0 saturated carbocycles. The molecule has 1 saturated heterocycles. The third kappa shape index (κ3) is 31.5. The minimum Gasteiger partial charge on any atom is -0.458 e. The fourth-order valence-corrected chi connectivity index (χ4v) is 7.55. The van der Waals surface area contributed by atoms with Crippen LogP contribution >= 0.6 is 0 Å². The molecule has 0 spiro atoms. The highest BCUT2D eigenvalue weighted by molar-refractivity contribution is 7.85. The van der Waals surface area contributed by atoms with Gasteiger partial charge in [-0.2, -0.15) is 8.42 Å². The summed E-state index contributed by atoms with van der Waals surface area (Å²) in [4.78, 5) is 25.3. The van der Waals surface area contributed by atoms with Gasteiger partial charge in [-0.15, -0.1) is 0 Å². The smallest absolute Gasteiger partial charge is 0.330 e. The fraction of sp³-hybridized carbons (Fsp3) is 0.787. The molecule has 1 aliphatic heterocycles. The van der Waals surface area contributed by atoms with E-state index in [9.17, 15) is 37.9 Å². The molecule has 1 aliphatic rings. The largest absolute Gasteiger partial charge is 0.458 e. The van der Waals surface area contributed by atoms with E-state index in [1.165, 1.54) is 96.0 Å². The van der Waals surface area contributed by atoms with Gasteiger partial charge in [0.1, 0.15) is 36.8 Å². The number of ether oxygens (including phenoxy) is 4. The average Bonchev–Trinajstić information content (AvgIpc) is 3.21. The Morgan fingerprint density at radius 1 is 0.617 bits per heavy atom. The monoisotopic (exact) mass is 871 g/mol. The van der Waals surface area contributed by atoms with Crippen LogP contribution in [0.15, 0.2) is 48.6 Å². The van der Waals surface area contributed by atoms with E-state index >= 15 is 0 Å². The van der Waals surface area contributed by atoms with Gasteiger partial charge in [0.2, 0.25) is 0 Å². The molecule has 13 heteroatoms. The fourth-order valence-electron chi connectivity index (χ4n) is 6.86. The molecule has 0 aromatic heterocycles. The lowest BCUT2D eigenvalue weighted by Crippen LogP contribution is -2.60. The number of esters is 2. The molecular formula is C47H82O12S. The number of hydrogen-bond donors (Lipinski definition) is 4. The highest BCUT2D eigenvalue weighted by Gasteiger charge is 2.46. The summed E-state index contributed by atoms with van der Waals surface area (Å²) in [6.07, 6.45) is 35.0. The molecule has 4 N–H and O–H groups in total. The Balaban J connectivity index is 2.49. The van der Waals surface area contributed by atoms with Gasteiger partial charge in [-0.3, -0.25) is 9.35 Å². The Bertz CT molecular complexity index is 1300. The molecule has 0 radical (unpaired) electrons. The minimum atomic E-state index is -4.61. The van der Waals surface area contributed by atoms with E-state index in [2.05, 4.69) is 38.2 Å². The molecule has 2 unspecified atom stereocenters. The van der Waals surface area contributed by atoms with Gasteiger partial charge in [0.15, 0.2) is 12.4 Å². The summed E-state index contributed by atoms with van der Waals surface area (Å²) in [5.74, 6) is -2.26. The van der Waals surface area contributed by atoms with Crippen molar-refractivity contribution in [1.29, 1.82) is 0 Å². The zero-order valence-corrected chi connectivity index (χ0v) is 37.9. The molecule has 0 aromatic carbocycles. The normalized spacial score (nSPS) is 20.5. The van der Waals surface area contributed by atoms with E-state index in [1.807, 2.05) is 6.08 Å². The third-order valence-corrected chi connectivity index (χ3v) is 11.2. The number of hydrogen-bond acceptors (Lipinski definition) is 11. The summed E-state index contributed by atoms with van der Waals surface area (Å²) < 4.78 is 53.9. The second-order valence-electron chi connectivity index (χ2n) is 16.1. The maximum Gasteiger partial charge on any atom is 0.330 e. The topological polar surface area (TPSA) is 186 Å². The quantitative estimate of drug-likeness (QED) is 0.0115. The van der Waals surface area contributed by atoms with Gasteiger partial charge in [-0.05, 0) is 51.4 Å². The van der Waals surface area contributed by atoms with Gasteiger partial charge < -0.3 is 34.3 Å². The van der Waals surface area contributed by atoms with Gasteiger partial charge in [0, 0.05) is 12.5 Å². The van der Waals surface area contributed by atoms with Crippen LogP contribution in [0.2, 0.25) is 0 Å². The maximum absolute atomic E-state index is 12.8. The van der Waals surface area contributed by atoms with Crippen molar-refractivity contribution in [2.45, 2.75) is 218 Å².